The number of aromatic amines is 1. The highest BCUT2D eigenvalue weighted by atomic mass is 16.5. The number of hydrogen-bond donors (Lipinski definition) is 1. The normalized spacial score (nSPS) is 17.8. The van der Waals surface area contributed by atoms with E-state index in [9.17, 15) is 9.59 Å². The van der Waals surface area contributed by atoms with E-state index in [4.69, 9.17) is 4.74 Å². The van der Waals surface area contributed by atoms with Crippen LogP contribution in [0.1, 0.15) is 16.9 Å². The van der Waals surface area contributed by atoms with Crippen molar-refractivity contribution in [2.24, 2.45) is 0 Å². The Balaban J connectivity index is 1.87. The molecule has 0 saturated carbocycles. The second-order valence-electron chi connectivity index (χ2n) is 4.52. The molecule has 1 aliphatic heterocycles. The zero-order chi connectivity index (χ0) is 14.1. The first-order valence-electron chi connectivity index (χ1n) is 6.20. The molecule has 2 heterocycles. The quantitative estimate of drug-likeness (QED) is 0.674. The van der Waals surface area contributed by atoms with Crippen LogP contribution < -0.4 is 9.64 Å². The summed E-state index contributed by atoms with van der Waals surface area (Å²) in [5, 5.41) is 6.39. The number of methoxy groups -OCH3 is 1. The maximum absolute atomic E-state index is 12.3. The number of β-lactam (4-membered cyclic amide) rings is 1. The molecule has 0 spiro atoms. The molecule has 0 aliphatic carbocycles. The van der Waals surface area contributed by atoms with E-state index in [0.717, 1.165) is 0 Å². The minimum atomic E-state index is -0.477. The number of aromatic nitrogens is 2. The minimum absolute atomic E-state index is 0.0730. The molecule has 6 nitrogen and oxygen atoms in total. The Morgan fingerprint density at radius 2 is 2.30 bits per heavy atom. The molecule has 1 aromatic carbocycles. The maximum atomic E-state index is 12.3. The molecular weight excluding hydrogens is 258 g/mol. The number of hydrogen-bond acceptors (Lipinski definition) is 4. The van der Waals surface area contributed by atoms with Gasteiger partial charge in [-0.2, -0.15) is 5.10 Å². The van der Waals surface area contributed by atoms with Crippen molar-refractivity contribution in [3.63, 3.8) is 0 Å². The van der Waals surface area contributed by atoms with E-state index in [1.807, 2.05) is 0 Å². The second-order valence-corrected chi connectivity index (χ2v) is 4.52. The van der Waals surface area contributed by atoms with Gasteiger partial charge in [-0.25, -0.2) is 0 Å². The van der Waals surface area contributed by atoms with E-state index in [2.05, 4.69) is 10.2 Å². The van der Waals surface area contributed by atoms with Crippen LogP contribution >= 0.6 is 0 Å². The summed E-state index contributed by atoms with van der Waals surface area (Å²) in [6.07, 6.45) is 1.73. The largest absolute Gasteiger partial charge is 0.497 e. The van der Waals surface area contributed by atoms with E-state index in [0.29, 0.717) is 17.1 Å². The highest BCUT2D eigenvalue weighted by Crippen LogP contribution is 2.31. The zero-order valence-electron chi connectivity index (χ0n) is 10.9. The molecule has 102 valence electrons. The summed E-state index contributed by atoms with van der Waals surface area (Å²) in [7, 11) is 1.56. The number of carbonyl (C=O) groups is 2. The first-order valence-corrected chi connectivity index (χ1v) is 6.20. The highest BCUT2D eigenvalue weighted by molar-refractivity contribution is 6.14. The molecular formula is C14H13N3O3. The van der Waals surface area contributed by atoms with Gasteiger partial charge in [-0.1, -0.05) is 6.07 Å². The van der Waals surface area contributed by atoms with Crippen molar-refractivity contribution in [1.29, 1.82) is 0 Å². The average Bonchev–Trinajstić information content (AvgIpc) is 2.98. The predicted molar refractivity (Wildman–Crippen MR) is 71.8 cm³/mol. The Kier molecular flexibility index (Phi) is 2.98. The van der Waals surface area contributed by atoms with Crippen LogP contribution in [-0.2, 0) is 4.79 Å². The summed E-state index contributed by atoms with van der Waals surface area (Å²) in [5.74, 6) is 0.441. The molecule has 2 aromatic rings. The van der Waals surface area contributed by atoms with Crippen LogP contribution in [0.15, 0.2) is 36.5 Å². The van der Waals surface area contributed by atoms with Gasteiger partial charge in [-0.3, -0.25) is 14.7 Å². The molecule has 0 bridgehead atoms. The number of carbonyl (C=O) groups excluding carboxylic acids is 2. The van der Waals surface area contributed by atoms with Gasteiger partial charge in [0.05, 0.1) is 13.5 Å². The molecule has 1 aromatic heterocycles. The number of ketones is 1. The zero-order valence-corrected chi connectivity index (χ0v) is 10.9. The number of Topliss-reactive ketones (excluding diaryl/α,β-unsaturated/α-hetero) is 1. The fourth-order valence-corrected chi connectivity index (χ4v) is 2.28. The number of amides is 1. The fraction of sp³-hybridized carbons (Fsp3) is 0.214. The lowest BCUT2D eigenvalue weighted by Crippen LogP contribution is -2.57. The topological polar surface area (TPSA) is 75.3 Å². The minimum Gasteiger partial charge on any atom is -0.497 e. The van der Waals surface area contributed by atoms with Crippen LogP contribution in [0.25, 0.3) is 0 Å². The fourth-order valence-electron chi connectivity index (χ4n) is 2.28. The van der Waals surface area contributed by atoms with E-state index in [-0.39, 0.29) is 18.1 Å². The molecule has 1 unspecified atom stereocenters. The summed E-state index contributed by atoms with van der Waals surface area (Å²) in [4.78, 5) is 25.6. The Labute approximate surface area is 115 Å². The number of nitrogens with one attached hydrogen (secondary N) is 1. The van der Waals surface area contributed by atoms with E-state index >= 15 is 0 Å². The SMILES string of the molecule is COc1cccc(N2C(=O)CC2C(=O)c2ccn[nH]2)c1. The van der Waals surface area contributed by atoms with Gasteiger partial charge in [0.1, 0.15) is 17.5 Å². The summed E-state index contributed by atoms with van der Waals surface area (Å²) in [5.41, 5.74) is 1.08. The van der Waals surface area contributed by atoms with Gasteiger partial charge < -0.3 is 9.64 Å². The van der Waals surface area contributed by atoms with Crippen LogP contribution in [0.3, 0.4) is 0 Å². The maximum Gasteiger partial charge on any atom is 0.230 e. The number of benzene rings is 1. The third-order valence-corrected chi connectivity index (χ3v) is 3.35. The van der Waals surface area contributed by atoms with Gasteiger partial charge in [0.25, 0.3) is 0 Å². The molecule has 1 aliphatic rings. The summed E-state index contributed by atoms with van der Waals surface area (Å²) >= 11 is 0. The van der Waals surface area contributed by atoms with Crippen LogP contribution in [-0.4, -0.2) is 35.0 Å². The molecule has 1 amide bonds. The lowest BCUT2D eigenvalue weighted by molar-refractivity contribution is -0.123. The van der Waals surface area contributed by atoms with Gasteiger partial charge in [0.2, 0.25) is 11.7 Å². The van der Waals surface area contributed by atoms with Crippen LogP contribution in [0.2, 0.25) is 0 Å². The predicted octanol–water partition coefficient (Wildman–Crippen LogP) is 1.41. The van der Waals surface area contributed by atoms with Crippen molar-refractivity contribution in [1.82, 2.24) is 10.2 Å². The monoisotopic (exact) mass is 271 g/mol. The van der Waals surface area contributed by atoms with Crippen molar-refractivity contribution >= 4 is 17.4 Å². The summed E-state index contributed by atoms with van der Waals surface area (Å²) in [6, 6.07) is 8.23. The standard InChI is InChI=1S/C14H13N3O3/c1-20-10-4-2-3-9(7-10)17-12(8-13(17)18)14(19)11-5-6-15-16-11/h2-7,12H,8H2,1H3,(H,15,16). The Morgan fingerprint density at radius 1 is 1.45 bits per heavy atom. The lowest BCUT2D eigenvalue weighted by Gasteiger charge is -2.39. The average molecular weight is 271 g/mol. The molecule has 20 heavy (non-hydrogen) atoms. The van der Waals surface area contributed by atoms with Gasteiger partial charge in [0, 0.05) is 18.0 Å². The Hall–Kier alpha value is -2.63. The van der Waals surface area contributed by atoms with E-state index in [1.54, 1.807) is 37.4 Å². The smallest absolute Gasteiger partial charge is 0.230 e. The van der Waals surface area contributed by atoms with Crippen molar-refractivity contribution in [3.8, 4) is 5.75 Å². The highest BCUT2D eigenvalue weighted by Gasteiger charge is 2.42. The molecule has 1 N–H and O–H groups in total. The molecule has 1 atom stereocenters. The first-order chi connectivity index (χ1) is 9.70. The third kappa shape index (κ3) is 1.95. The van der Waals surface area contributed by atoms with Crippen molar-refractivity contribution in [2.45, 2.75) is 12.5 Å². The van der Waals surface area contributed by atoms with Crippen LogP contribution in [0.5, 0.6) is 5.75 Å². The van der Waals surface area contributed by atoms with E-state index < -0.39 is 6.04 Å². The van der Waals surface area contributed by atoms with Gasteiger partial charge >= 0.3 is 0 Å². The van der Waals surface area contributed by atoms with Gasteiger partial charge in [-0.05, 0) is 18.2 Å². The van der Waals surface area contributed by atoms with Gasteiger partial charge in [-0.15, -0.1) is 0 Å². The molecule has 1 saturated heterocycles. The van der Waals surface area contributed by atoms with Gasteiger partial charge in [0.15, 0.2) is 0 Å². The van der Waals surface area contributed by atoms with Crippen LogP contribution in [0.4, 0.5) is 5.69 Å². The molecule has 1 fully saturated rings. The number of nitrogens with zero attached hydrogens (tertiary/aromatic N) is 2. The number of rotatable bonds is 4. The molecule has 0 radical (unpaired) electrons. The summed E-state index contributed by atoms with van der Waals surface area (Å²) in [6.45, 7) is 0. The molecule has 3 rings (SSSR count). The Morgan fingerprint density at radius 3 is 2.95 bits per heavy atom. The molecule has 6 heteroatoms. The number of ether oxygens (including phenoxy) is 1. The van der Waals surface area contributed by atoms with Crippen molar-refractivity contribution in [3.05, 3.63) is 42.2 Å². The number of anilines is 1. The van der Waals surface area contributed by atoms with Crippen molar-refractivity contribution < 1.29 is 14.3 Å². The number of H-pyrrole nitrogens is 1. The lowest BCUT2D eigenvalue weighted by atomic mass is 9.94. The third-order valence-electron chi connectivity index (χ3n) is 3.35. The summed E-state index contributed by atoms with van der Waals surface area (Å²) < 4.78 is 5.14. The van der Waals surface area contributed by atoms with E-state index in [1.165, 1.54) is 11.1 Å². The Bertz CT molecular complexity index is 651. The van der Waals surface area contributed by atoms with Crippen LogP contribution in [0, 0.1) is 0 Å². The second kappa shape index (κ2) is 4.80. The first kappa shape index (κ1) is 12.4. The van der Waals surface area contributed by atoms with Crippen molar-refractivity contribution in [2.75, 3.05) is 12.0 Å².